The average Bonchev–Trinajstić information content (AvgIpc) is 0.761. The fraction of sp³-hybridized carbons (Fsp3) is 0.941. The lowest BCUT2D eigenvalue weighted by Crippen LogP contribution is -2.72. The molecule has 700 valence electrons. The highest BCUT2D eigenvalue weighted by molar-refractivity contribution is 5.74. The zero-order valence-corrected chi connectivity index (χ0v) is 65.5. The molecular weight excluding hydrogens is 1660 g/mol. The van der Waals surface area contributed by atoms with Crippen molar-refractivity contribution >= 4 is 23.6 Å². The lowest BCUT2D eigenvalue weighted by molar-refractivity contribution is -0.395. The number of nitrogens with one attached hydrogen (secondary N) is 4. The van der Waals surface area contributed by atoms with Crippen LogP contribution in [0.1, 0.15) is 41.5 Å². The van der Waals surface area contributed by atoms with Gasteiger partial charge in [0.25, 0.3) is 0 Å². The lowest BCUT2D eigenvalue weighted by Gasteiger charge is -2.52. The van der Waals surface area contributed by atoms with E-state index >= 15 is 0 Å². The third-order valence-electron chi connectivity index (χ3n) is 22.4. The van der Waals surface area contributed by atoms with Gasteiger partial charge in [-0.1, -0.05) is 0 Å². The Morgan fingerprint density at radius 1 is 0.231 bits per heavy atom. The molecule has 53 nitrogen and oxygen atoms in total. The van der Waals surface area contributed by atoms with E-state index in [4.69, 9.17) is 90.0 Å². The van der Waals surface area contributed by atoms with E-state index in [-0.39, 0.29) is 0 Å². The first-order chi connectivity index (χ1) is 57.2. The molecule has 121 heavy (non-hydrogen) atoms. The molecule has 0 aromatic carbocycles. The molecule has 10 heterocycles. The Bertz CT molecular complexity index is 3270. The fourth-order valence-electron chi connectivity index (χ4n) is 15.8. The third kappa shape index (κ3) is 21.8. The first-order valence-corrected chi connectivity index (χ1v) is 38.9. The van der Waals surface area contributed by atoms with Crippen molar-refractivity contribution in [1.29, 1.82) is 0 Å². The van der Waals surface area contributed by atoms with Gasteiger partial charge in [0.05, 0.1) is 65.1 Å². The van der Waals surface area contributed by atoms with Gasteiger partial charge in [-0.25, -0.2) is 0 Å². The number of amides is 4. The van der Waals surface area contributed by atoms with E-state index < -0.39 is 383 Å². The monoisotopic (exact) mass is 1770 g/mol. The molecule has 0 radical (unpaired) electrons. The molecule has 53 heteroatoms. The lowest BCUT2D eigenvalue weighted by atomic mass is 9.93. The van der Waals surface area contributed by atoms with Crippen LogP contribution in [0.25, 0.3) is 0 Å². The average molecular weight is 1770 g/mol. The minimum atomic E-state index is -2.67. The summed E-state index contributed by atoms with van der Waals surface area (Å²) in [6, 6.07) is -7.92. The Kier molecular flexibility index (Phi) is 35.3. The zero-order valence-electron chi connectivity index (χ0n) is 65.5. The molecule has 50 atom stereocenters. The van der Waals surface area contributed by atoms with Gasteiger partial charge in [-0.2, -0.15) is 0 Å². The van der Waals surface area contributed by atoms with Crippen molar-refractivity contribution in [2.75, 3.05) is 52.9 Å². The van der Waals surface area contributed by atoms with Crippen molar-refractivity contribution in [2.24, 2.45) is 0 Å². The first-order valence-electron chi connectivity index (χ1n) is 38.9. The van der Waals surface area contributed by atoms with Crippen LogP contribution >= 0.6 is 0 Å². The van der Waals surface area contributed by atoms with Gasteiger partial charge in [-0.15, -0.1) is 0 Å². The number of carbonyl (C=O) groups is 4. The highest BCUT2D eigenvalue weighted by Gasteiger charge is 2.62. The Hall–Kier alpha value is -3.92. The molecular formula is C68H114N4O49. The summed E-state index contributed by atoms with van der Waals surface area (Å²) >= 11 is 0. The molecule has 10 rings (SSSR count). The maximum atomic E-state index is 13.7. The standard InChI is InChI=1S/C68H114N4O49/c1-15-33(84)41(92)45(96)63(104-15)114-52-27(13-79)112-62(32(72-20(6)83)56(52)119-66-48(99)44(95)36(87)22(8-74)109-66)121-58-40(91)28(14-103-60-31(71-19(5)82)55(118-64-46(97)42(93)34(85)16(2)105-64)51(26(12-78)111-60)115-65-47(98)43(94)35(86)21(7-73)108-65)113-68(50(58)101)117-54-30(70-18(4)81)61(107-24(10-76)38(54)89)120-57-39(90)25(11-77)110-67(49(57)100)116-53-29(69-17(3)80)59(102)106-23(9-75)37(53)88/h15-16,21-68,73-79,84-102H,7-14H2,1-6H3,(H,69,80)(H,70,81)(H,71,82)(H,72,83)/t15-,16-,21+,22+,23+,24+,25+,26+,27+,28+,29+,30+,31+,32+,33+,34+,35-,36-,37-,38+,39-,40-,41+,42+,43-,44-,45-,46-,47+,48+,49+,50+,51+,52+,53+,54+,55+,56+,57-,58-,59?,60+,61-,62-,63-,64-,65-,66-,67-,68-/m0/s1. The number of carbonyl (C=O) groups excluding carboxylic acids is 4. The normalized spacial score (nSPS) is 50.0. The van der Waals surface area contributed by atoms with Crippen LogP contribution in [0.4, 0.5) is 0 Å². The van der Waals surface area contributed by atoms with Gasteiger partial charge in [0, 0.05) is 27.7 Å². The summed E-state index contributed by atoms with van der Waals surface area (Å²) in [7, 11) is 0. The van der Waals surface area contributed by atoms with Crippen LogP contribution in [-0.4, -0.2) is 516 Å². The predicted octanol–water partition coefficient (Wildman–Crippen LogP) is -20.2. The number of aliphatic hydroxyl groups is 26. The summed E-state index contributed by atoms with van der Waals surface area (Å²) in [5.41, 5.74) is 0. The Balaban J connectivity index is 1.05. The molecule has 10 saturated heterocycles. The number of rotatable bonds is 30. The van der Waals surface area contributed by atoms with Gasteiger partial charge in [-0.3, -0.25) is 19.2 Å². The van der Waals surface area contributed by atoms with Crippen LogP contribution in [-0.2, 0) is 109 Å². The zero-order chi connectivity index (χ0) is 89.1. The van der Waals surface area contributed by atoms with E-state index in [1.165, 1.54) is 13.8 Å². The van der Waals surface area contributed by atoms with Crippen molar-refractivity contribution in [3.63, 3.8) is 0 Å². The number of ether oxygens (including phenoxy) is 19. The van der Waals surface area contributed by atoms with Crippen LogP contribution in [0.2, 0.25) is 0 Å². The summed E-state index contributed by atoms with van der Waals surface area (Å²) in [5.74, 6) is -3.93. The summed E-state index contributed by atoms with van der Waals surface area (Å²) in [6.07, 6.45) is -96.0. The van der Waals surface area contributed by atoms with E-state index in [1.807, 2.05) is 0 Å². The highest BCUT2D eigenvalue weighted by atomic mass is 16.8. The minimum absolute atomic E-state index is 0.828. The van der Waals surface area contributed by atoms with E-state index in [1.54, 1.807) is 0 Å². The molecule has 30 N–H and O–H groups in total. The van der Waals surface area contributed by atoms with Gasteiger partial charge >= 0.3 is 0 Å². The van der Waals surface area contributed by atoms with E-state index in [0.29, 0.717) is 0 Å². The quantitative estimate of drug-likeness (QED) is 0.0318. The molecule has 10 aliphatic rings. The molecule has 4 amide bonds. The molecule has 0 saturated carbocycles. The Labute approximate surface area is 686 Å². The van der Waals surface area contributed by atoms with Gasteiger partial charge < -0.3 is 244 Å². The first kappa shape index (κ1) is 99.2. The smallest absolute Gasteiger partial charge is 0.217 e. The molecule has 1 unspecified atom stereocenters. The highest BCUT2D eigenvalue weighted by Crippen LogP contribution is 2.42. The maximum Gasteiger partial charge on any atom is 0.217 e. The van der Waals surface area contributed by atoms with Crippen LogP contribution < -0.4 is 21.3 Å². The van der Waals surface area contributed by atoms with Gasteiger partial charge in [0.1, 0.15) is 232 Å². The number of aliphatic hydroxyl groups excluding tert-OH is 26. The van der Waals surface area contributed by atoms with Crippen molar-refractivity contribution < 1.29 is 242 Å². The Morgan fingerprint density at radius 2 is 0.471 bits per heavy atom. The summed E-state index contributed by atoms with van der Waals surface area (Å²) in [6.45, 7) is -2.94. The number of hydrogen-bond acceptors (Lipinski definition) is 49. The second-order valence-corrected chi connectivity index (χ2v) is 30.9. The SMILES string of the molecule is CC(=O)N[C@H]1[C@H](O[C@H]2[C@@H](O)[C@@H](CO[C@@H]3O[C@H](CO)[C@@H](O[C@@H]4O[C@H](CO)[C@H](O)[C@H](O)[C@H]4O)[C@H](O[C@@H]4O[C@@H](C)[C@@H](O)[C@@H](O)[C@@H]4O)[C@H]3NC(C)=O)O[C@@H](O[C@H]3[C@H](O)[C@@H](CO)O[C@@H](O[C@H]4[C@@H](O)[C@@H](CO)O[C@@H](O[C@H]5[C@@H](O)[C@@H](CO)OC(O)[C@@H]5NC(C)=O)[C@@H]4O)[C@@H]3NC(C)=O)[C@@H]2O)O[C@H](CO)[C@@H](O[C@@H]2O[C@@H](C)[C@@H](O)[C@@H](O)[C@@H]2O)[C@@H]1O[C@@H]1O[C@H](CO)[C@H](O)[C@H](O)[C@H]1O. The van der Waals surface area contributed by atoms with Crippen LogP contribution in [0.3, 0.4) is 0 Å². The van der Waals surface area contributed by atoms with Crippen LogP contribution in [0, 0.1) is 0 Å². The maximum absolute atomic E-state index is 13.7. The second-order valence-electron chi connectivity index (χ2n) is 30.9. The molecule has 0 bridgehead atoms. The van der Waals surface area contributed by atoms with Crippen molar-refractivity contribution in [1.82, 2.24) is 21.3 Å². The molecule has 0 aromatic heterocycles. The topological polar surface area (TPSA) is 818 Å². The summed E-state index contributed by atoms with van der Waals surface area (Å²) in [4.78, 5) is 53.2. The summed E-state index contributed by atoms with van der Waals surface area (Å²) < 4.78 is 115. The van der Waals surface area contributed by atoms with Crippen molar-refractivity contribution in [3.05, 3.63) is 0 Å². The van der Waals surface area contributed by atoms with Gasteiger partial charge in [0.15, 0.2) is 62.9 Å². The van der Waals surface area contributed by atoms with Crippen LogP contribution in [0.15, 0.2) is 0 Å². The van der Waals surface area contributed by atoms with Gasteiger partial charge in [-0.05, 0) is 13.8 Å². The fourth-order valence-corrected chi connectivity index (χ4v) is 15.8. The van der Waals surface area contributed by atoms with Crippen molar-refractivity contribution in [2.45, 2.75) is 348 Å². The molecule has 0 aromatic rings. The van der Waals surface area contributed by atoms with E-state index in [0.717, 1.165) is 27.7 Å². The minimum Gasteiger partial charge on any atom is -0.394 e. The van der Waals surface area contributed by atoms with E-state index in [9.17, 15) is 152 Å². The molecule has 0 spiro atoms. The van der Waals surface area contributed by atoms with Crippen molar-refractivity contribution in [3.8, 4) is 0 Å². The summed E-state index contributed by atoms with van der Waals surface area (Å²) in [5, 5.41) is 301. The third-order valence-corrected chi connectivity index (χ3v) is 22.4. The van der Waals surface area contributed by atoms with E-state index in [2.05, 4.69) is 21.3 Å². The second kappa shape index (κ2) is 43.0. The largest absolute Gasteiger partial charge is 0.394 e. The van der Waals surface area contributed by atoms with Gasteiger partial charge in [0.2, 0.25) is 23.6 Å². The predicted molar refractivity (Wildman–Crippen MR) is 373 cm³/mol. The Morgan fingerprint density at radius 3 is 0.843 bits per heavy atom. The van der Waals surface area contributed by atoms with Crippen LogP contribution in [0.5, 0.6) is 0 Å². The molecule has 10 fully saturated rings. The molecule has 10 aliphatic heterocycles. The number of hydrogen-bond donors (Lipinski definition) is 30. The molecule has 0 aliphatic carbocycles.